The zero-order valence-electron chi connectivity index (χ0n) is 17.6. The van der Waals surface area contributed by atoms with Gasteiger partial charge in [0.1, 0.15) is 0 Å². The zero-order valence-corrected chi connectivity index (χ0v) is 17.6. The van der Waals surface area contributed by atoms with Crippen LogP contribution < -0.4 is 16.4 Å². The molecule has 3 amide bonds. The topological polar surface area (TPSA) is 105 Å². The van der Waals surface area contributed by atoms with Crippen molar-refractivity contribution in [3.63, 3.8) is 0 Å². The Morgan fingerprint density at radius 1 is 1.10 bits per heavy atom. The molecule has 0 spiro atoms. The van der Waals surface area contributed by atoms with E-state index in [1.54, 1.807) is 37.4 Å². The lowest BCUT2D eigenvalue weighted by atomic mass is 9.96. The lowest BCUT2D eigenvalue weighted by Gasteiger charge is -2.30. The highest BCUT2D eigenvalue weighted by atomic mass is 16.2. The molecule has 0 bridgehead atoms. The van der Waals surface area contributed by atoms with Crippen LogP contribution in [0, 0.1) is 5.92 Å². The van der Waals surface area contributed by atoms with Crippen LogP contribution in [0.2, 0.25) is 0 Å². The summed E-state index contributed by atoms with van der Waals surface area (Å²) in [6.07, 6.45) is 4.76. The maximum Gasteiger partial charge on any atom is 0.251 e. The van der Waals surface area contributed by atoms with Gasteiger partial charge in [0.2, 0.25) is 11.8 Å². The van der Waals surface area contributed by atoms with E-state index in [1.165, 1.54) is 6.08 Å². The summed E-state index contributed by atoms with van der Waals surface area (Å²) in [5.41, 5.74) is 8.63. The predicted molar refractivity (Wildman–Crippen MR) is 121 cm³/mol. The van der Waals surface area contributed by atoms with Gasteiger partial charge in [-0.25, -0.2) is 0 Å². The van der Waals surface area contributed by atoms with E-state index in [0.29, 0.717) is 5.56 Å². The molecule has 1 fully saturated rings. The van der Waals surface area contributed by atoms with Crippen LogP contribution in [0.4, 0.5) is 5.69 Å². The number of amides is 3. The fourth-order valence-electron chi connectivity index (χ4n) is 3.63. The van der Waals surface area contributed by atoms with Gasteiger partial charge in [-0.2, -0.15) is 0 Å². The van der Waals surface area contributed by atoms with Crippen LogP contribution in [-0.2, 0) is 16.1 Å². The molecule has 31 heavy (non-hydrogen) atoms. The first-order valence-electron chi connectivity index (χ1n) is 10.4. The summed E-state index contributed by atoms with van der Waals surface area (Å²) >= 11 is 0. The van der Waals surface area contributed by atoms with Crippen molar-refractivity contribution in [1.29, 1.82) is 0 Å². The monoisotopic (exact) mass is 420 g/mol. The molecule has 3 rings (SSSR count). The summed E-state index contributed by atoms with van der Waals surface area (Å²) in [5, 5.41) is 5.45. The molecular formula is C24H28N4O3. The average molecular weight is 421 g/mol. The summed E-state index contributed by atoms with van der Waals surface area (Å²) in [4.78, 5) is 37.5. The molecule has 0 saturated carbocycles. The molecule has 7 heteroatoms. The molecule has 0 aliphatic carbocycles. The average Bonchev–Trinajstić information content (AvgIpc) is 2.78. The van der Waals surface area contributed by atoms with Crippen molar-refractivity contribution in [2.75, 3.05) is 25.5 Å². The summed E-state index contributed by atoms with van der Waals surface area (Å²) in [5.74, 6) is -0.603. The Hall–Kier alpha value is -3.45. The molecule has 1 heterocycles. The molecule has 1 aliphatic heterocycles. The molecule has 2 aromatic carbocycles. The number of primary amides is 1. The molecular weight excluding hydrogens is 392 g/mol. The van der Waals surface area contributed by atoms with E-state index < -0.39 is 0 Å². The van der Waals surface area contributed by atoms with E-state index in [-0.39, 0.29) is 23.6 Å². The minimum absolute atomic E-state index is 0.0198. The highest BCUT2D eigenvalue weighted by Crippen LogP contribution is 2.20. The van der Waals surface area contributed by atoms with E-state index in [2.05, 4.69) is 15.5 Å². The van der Waals surface area contributed by atoms with Crippen LogP contribution in [0.25, 0.3) is 6.08 Å². The largest absolute Gasteiger partial charge is 0.369 e. The second-order valence-corrected chi connectivity index (χ2v) is 7.68. The van der Waals surface area contributed by atoms with Crippen LogP contribution in [-0.4, -0.2) is 42.8 Å². The number of anilines is 1. The lowest BCUT2D eigenvalue weighted by Crippen LogP contribution is -2.38. The first-order valence-corrected chi connectivity index (χ1v) is 10.4. The summed E-state index contributed by atoms with van der Waals surface area (Å²) < 4.78 is 0. The number of rotatable bonds is 7. The molecule has 1 aliphatic rings. The summed E-state index contributed by atoms with van der Waals surface area (Å²) in [6.45, 7) is 2.44. The number of carbonyl (C=O) groups excluding carboxylic acids is 3. The van der Waals surface area contributed by atoms with Crippen molar-refractivity contribution in [3.05, 3.63) is 71.3 Å². The first-order chi connectivity index (χ1) is 14.9. The minimum atomic E-state index is -0.227. The summed E-state index contributed by atoms with van der Waals surface area (Å²) in [6, 6.07) is 14.8. The number of nitrogens with two attached hydrogens (primary N) is 1. The third-order valence-electron chi connectivity index (χ3n) is 5.42. The van der Waals surface area contributed by atoms with Crippen molar-refractivity contribution in [2.45, 2.75) is 19.4 Å². The van der Waals surface area contributed by atoms with Gasteiger partial charge in [0.25, 0.3) is 5.91 Å². The standard InChI is InChI=1S/C24H28N4O3/c1-26-24(31)20-8-5-17(6-9-20)7-10-22(29)27-21-4-2-3-18(15-21)16-28-13-11-19(12-14-28)23(25)30/h2-10,15,19H,11-14,16H2,1H3,(H2,25,30)(H,26,31)(H,27,29)/b10-7+. The second kappa shape index (κ2) is 10.5. The summed E-state index contributed by atoms with van der Waals surface area (Å²) in [7, 11) is 1.58. The SMILES string of the molecule is CNC(=O)c1ccc(/C=C/C(=O)Nc2cccc(CN3CCC(C(N)=O)CC3)c2)cc1. The van der Waals surface area contributed by atoms with Gasteiger partial charge >= 0.3 is 0 Å². The molecule has 7 nitrogen and oxygen atoms in total. The molecule has 2 aromatic rings. The minimum Gasteiger partial charge on any atom is -0.369 e. The normalized spacial score (nSPS) is 15.0. The van der Waals surface area contributed by atoms with E-state index in [1.807, 2.05) is 24.3 Å². The molecule has 162 valence electrons. The third kappa shape index (κ3) is 6.52. The van der Waals surface area contributed by atoms with Gasteiger partial charge in [-0.1, -0.05) is 24.3 Å². The third-order valence-corrected chi connectivity index (χ3v) is 5.42. The van der Waals surface area contributed by atoms with Gasteiger partial charge in [0.05, 0.1) is 0 Å². The number of hydrogen-bond acceptors (Lipinski definition) is 4. The number of nitrogens with one attached hydrogen (secondary N) is 2. The second-order valence-electron chi connectivity index (χ2n) is 7.68. The van der Waals surface area contributed by atoms with Gasteiger partial charge in [-0.15, -0.1) is 0 Å². The van der Waals surface area contributed by atoms with Crippen LogP contribution in [0.5, 0.6) is 0 Å². The van der Waals surface area contributed by atoms with Crippen molar-refractivity contribution >= 4 is 29.5 Å². The van der Waals surface area contributed by atoms with E-state index in [0.717, 1.165) is 49.3 Å². The van der Waals surface area contributed by atoms with Crippen LogP contribution >= 0.6 is 0 Å². The Balaban J connectivity index is 1.53. The highest BCUT2D eigenvalue weighted by molar-refractivity contribution is 6.02. The van der Waals surface area contributed by atoms with Gasteiger partial charge in [-0.3, -0.25) is 19.3 Å². The molecule has 0 atom stereocenters. The molecule has 1 saturated heterocycles. The van der Waals surface area contributed by atoms with Crippen molar-refractivity contribution < 1.29 is 14.4 Å². The fraction of sp³-hybridized carbons (Fsp3) is 0.292. The van der Waals surface area contributed by atoms with Crippen LogP contribution in [0.15, 0.2) is 54.6 Å². The fourth-order valence-corrected chi connectivity index (χ4v) is 3.63. The van der Waals surface area contributed by atoms with Gasteiger partial charge < -0.3 is 16.4 Å². The number of nitrogens with zero attached hydrogens (tertiary/aromatic N) is 1. The Kier molecular flexibility index (Phi) is 7.56. The highest BCUT2D eigenvalue weighted by Gasteiger charge is 2.22. The quantitative estimate of drug-likeness (QED) is 0.598. The first kappa shape index (κ1) is 22.2. The van der Waals surface area contributed by atoms with E-state index in [9.17, 15) is 14.4 Å². The van der Waals surface area contributed by atoms with Crippen molar-refractivity contribution in [3.8, 4) is 0 Å². The smallest absolute Gasteiger partial charge is 0.251 e. The van der Waals surface area contributed by atoms with Crippen LogP contribution in [0.3, 0.4) is 0 Å². The number of hydrogen-bond donors (Lipinski definition) is 3. The van der Waals surface area contributed by atoms with Crippen molar-refractivity contribution in [2.24, 2.45) is 11.7 Å². The number of carbonyl (C=O) groups is 3. The zero-order chi connectivity index (χ0) is 22.2. The van der Waals surface area contributed by atoms with Gasteiger partial charge in [0, 0.05) is 36.8 Å². The molecule has 4 N–H and O–H groups in total. The Morgan fingerprint density at radius 3 is 2.45 bits per heavy atom. The Bertz CT molecular complexity index is 961. The lowest BCUT2D eigenvalue weighted by molar-refractivity contribution is -0.123. The van der Waals surface area contributed by atoms with Crippen molar-refractivity contribution in [1.82, 2.24) is 10.2 Å². The van der Waals surface area contributed by atoms with Gasteiger partial charge in [0.15, 0.2) is 0 Å². The Morgan fingerprint density at radius 2 is 1.81 bits per heavy atom. The molecule has 0 aromatic heterocycles. The van der Waals surface area contributed by atoms with Crippen LogP contribution in [0.1, 0.15) is 34.3 Å². The number of likely N-dealkylation sites (tertiary alicyclic amines) is 1. The molecule has 0 unspecified atom stereocenters. The Labute approximate surface area is 182 Å². The predicted octanol–water partition coefficient (Wildman–Crippen LogP) is 2.40. The van der Waals surface area contributed by atoms with Gasteiger partial charge in [-0.05, 0) is 67.4 Å². The molecule has 0 radical (unpaired) electrons. The maximum absolute atomic E-state index is 12.3. The van der Waals surface area contributed by atoms with E-state index in [4.69, 9.17) is 5.73 Å². The maximum atomic E-state index is 12.3. The number of benzene rings is 2. The van der Waals surface area contributed by atoms with E-state index >= 15 is 0 Å². The number of piperidine rings is 1.